The van der Waals surface area contributed by atoms with Crippen molar-refractivity contribution in [2.24, 2.45) is 10.8 Å². The van der Waals surface area contributed by atoms with Gasteiger partial charge >= 0.3 is 0 Å². The molecule has 1 aliphatic carbocycles. The van der Waals surface area contributed by atoms with E-state index in [0.29, 0.717) is 11.3 Å². The SMILES string of the molecule is CC1(C)C[C@@H]2C[C@@](C)(CN2C(=O)c2cc(-c3cccc([N+](=O)[O-])c3)ccn2)C1. The Morgan fingerprint density at radius 1 is 1.18 bits per heavy atom. The Labute approximate surface area is 164 Å². The summed E-state index contributed by atoms with van der Waals surface area (Å²) < 4.78 is 0. The van der Waals surface area contributed by atoms with Crippen molar-refractivity contribution in [3.63, 3.8) is 0 Å². The third kappa shape index (κ3) is 3.39. The first-order valence-electron chi connectivity index (χ1n) is 9.68. The van der Waals surface area contributed by atoms with Gasteiger partial charge in [0, 0.05) is 30.9 Å². The Bertz CT molecular complexity index is 956. The second-order valence-corrected chi connectivity index (χ2v) is 9.38. The van der Waals surface area contributed by atoms with E-state index in [1.165, 1.54) is 12.1 Å². The molecular formula is C22H25N3O3. The molecule has 1 saturated heterocycles. The minimum absolute atomic E-state index is 0.0330. The third-order valence-corrected chi connectivity index (χ3v) is 6.05. The molecule has 2 heterocycles. The summed E-state index contributed by atoms with van der Waals surface area (Å²) in [6, 6.07) is 10.2. The topological polar surface area (TPSA) is 76.3 Å². The molecule has 2 aromatic rings. The summed E-state index contributed by atoms with van der Waals surface area (Å²) in [6.45, 7) is 7.61. The van der Waals surface area contributed by atoms with E-state index in [2.05, 4.69) is 25.8 Å². The highest BCUT2D eigenvalue weighted by Crippen LogP contribution is 2.52. The molecular weight excluding hydrogens is 354 g/mol. The molecule has 1 aliphatic heterocycles. The summed E-state index contributed by atoms with van der Waals surface area (Å²) in [4.78, 5) is 30.2. The molecule has 0 unspecified atom stereocenters. The molecule has 1 aromatic heterocycles. The fourth-order valence-corrected chi connectivity index (χ4v) is 5.37. The van der Waals surface area contributed by atoms with E-state index in [0.717, 1.165) is 31.4 Å². The predicted molar refractivity (Wildman–Crippen MR) is 107 cm³/mol. The molecule has 4 rings (SSSR count). The van der Waals surface area contributed by atoms with Crippen molar-refractivity contribution in [1.82, 2.24) is 9.88 Å². The first kappa shape index (κ1) is 18.6. The fourth-order valence-electron chi connectivity index (χ4n) is 5.37. The number of aromatic nitrogens is 1. The maximum atomic E-state index is 13.3. The van der Waals surface area contributed by atoms with Gasteiger partial charge in [0.2, 0.25) is 0 Å². The van der Waals surface area contributed by atoms with Crippen LogP contribution >= 0.6 is 0 Å². The van der Waals surface area contributed by atoms with Crippen LogP contribution < -0.4 is 0 Å². The molecule has 28 heavy (non-hydrogen) atoms. The summed E-state index contributed by atoms with van der Waals surface area (Å²) in [5.41, 5.74) is 2.31. The lowest BCUT2D eigenvalue weighted by molar-refractivity contribution is -0.384. The summed E-state index contributed by atoms with van der Waals surface area (Å²) in [5, 5.41) is 11.1. The molecule has 1 aromatic carbocycles. The van der Waals surface area contributed by atoms with Crippen LogP contribution in [0.1, 0.15) is 50.5 Å². The van der Waals surface area contributed by atoms with E-state index in [1.54, 1.807) is 24.4 Å². The number of carbonyl (C=O) groups is 1. The molecule has 1 saturated carbocycles. The van der Waals surface area contributed by atoms with Crippen molar-refractivity contribution in [2.75, 3.05) is 6.54 Å². The Balaban J connectivity index is 1.63. The lowest BCUT2D eigenvalue weighted by Gasteiger charge is -2.39. The lowest BCUT2D eigenvalue weighted by Crippen LogP contribution is -2.38. The van der Waals surface area contributed by atoms with Gasteiger partial charge in [-0.05, 0) is 53.4 Å². The van der Waals surface area contributed by atoms with Crippen molar-refractivity contribution in [2.45, 2.75) is 46.1 Å². The number of nitrogens with zero attached hydrogens (tertiary/aromatic N) is 3. The number of nitro benzene ring substituents is 1. The molecule has 2 fully saturated rings. The van der Waals surface area contributed by atoms with Gasteiger partial charge in [-0.2, -0.15) is 0 Å². The number of carbonyl (C=O) groups excluding carboxylic acids is 1. The first-order valence-corrected chi connectivity index (χ1v) is 9.68. The summed E-state index contributed by atoms with van der Waals surface area (Å²) in [7, 11) is 0. The van der Waals surface area contributed by atoms with Crippen LogP contribution in [-0.2, 0) is 0 Å². The molecule has 0 spiro atoms. The Kier molecular flexibility index (Phi) is 4.25. The molecule has 2 aliphatic rings. The zero-order chi connectivity index (χ0) is 20.1. The normalized spacial score (nSPS) is 25.5. The molecule has 0 N–H and O–H groups in total. The summed E-state index contributed by atoms with van der Waals surface area (Å²) in [5.74, 6) is -0.0429. The zero-order valence-electron chi connectivity index (χ0n) is 16.5. The number of amides is 1. The highest BCUT2D eigenvalue weighted by molar-refractivity contribution is 5.94. The lowest BCUT2D eigenvalue weighted by atomic mass is 9.65. The van der Waals surface area contributed by atoms with Gasteiger partial charge < -0.3 is 4.90 Å². The smallest absolute Gasteiger partial charge is 0.272 e. The molecule has 2 bridgehead atoms. The highest BCUT2D eigenvalue weighted by Gasteiger charge is 2.51. The average Bonchev–Trinajstić information content (AvgIpc) is 2.90. The van der Waals surface area contributed by atoms with E-state index in [4.69, 9.17) is 0 Å². The van der Waals surface area contributed by atoms with Gasteiger partial charge in [0.05, 0.1) is 4.92 Å². The summed E-state index contributed by atoms with van der Waals surface area (Å²) in [6.07, 6.45) is 4.79. The van der Waals surface area contributed by atoms with Crippen molar-refractivity contribution < 1.29 is 9.72 Å². The first-order chi connectivity index (χ1) is 13.2. The van der Waals surface area contributed by atoms with Gasteiger partial charge in [-0.3, -0.25) is 19.9 Å². The second-order valence-electron chi connectivity index (χ2n) is 9.38. The van der Waals surface area contributed by atoms with Crippen LogP contribution in [0.15, 0.2) is 42.6 Å². The number of rotatable bonds is 3. The largest absolute Gasteiger partial charge is 0.334 e. The number of hydrogen-bond donors (Lipinski definition) is 0. The van der Waals surface area contributed by atoms with Gasteiger partial charge in [0.1, 0.15) is 5.69 Å². The van der Waals surface area contributed by atoms with E-state index >= 15 is 0 Å². The van der Waals surface area contributed by atoms with Crippen molar-refractivity contribution >= 4 is 11.6 Å². The van der Waals surface area contributed by atoms with Gasteiger partial charge in [-0.15, -0.1) is 0 Å². The number of hydrogen-bond acceptors (Lipinski definition) is 4. The van der Waals surface area contributed by atoms with E-state index in [1.807, 2.05) is 11.0 Å². The molecule has 0 radical (unpaired) electrons. The van der Waals surface area contributed by atoms with Crippen molar-refractivity contribution in [3.8, 4) is 11.1 Å². The number of pyridine rings is 1. The molecule has 6 heteroatoms. The molecule has 146 valence electrons. The van der Waals surface area contributed by atoms with Crippen LogP contribution in [0, 0.1) is 20.9 Å². The fraction of sp³-hybridized carbons (Fsp3) is 0.455. The number of likely N-dealkylation sites (tertiary alicyclic amines) is 1. The number of nitro groups is 1. The van der Waals surface area contributed by atoms with Crippen LogP contribution in [0.2, 0.25) is 0 Å². The average molecular weight is 379 g/mol. The van der Waals surface area contributed by atoms with Crippen LogP contribution in [0.3, 0.4) is 0 Å². The Morgan fingerprint density at radius 3 is 2.68 bits per heavy atom. The van der Waals surface area contributed by atoms with Gasteiger partial charge in [-0.1, -0.05) is 32.9 Å². The van der Waals surface area contributed by atoms with E-state index in [9.17, 15) is 14.9 Å². The minimum atomic E-state index is -0.413. The second kappa shape index (κ2) is 6.40. The van der Waals surface area contributed by atoms with Crippen LogP contribution in [-0.4, -0.2) is 33.3 Å². The number of fused-ring (bicyclic) bond motifs is 2. The Morgan fingerprint density at radius 2 is 1.93 bits per heavy atom. The maximum Gasteiger partial charge on any atom is 0.272 e. The maximum absolute atomic E-state index is 13.3. The summed E-state index contributed by atoms with van der Waals surface area (Å²) >= 11 is 0. The van der Waals surface area contributed by atoms with Crippen molar-refractivity contribution in [1.29, 1.82) is 0 Å². The van der Waals surface area contributed by atoms with E-state index < -0.39 is 4.92 Å². The molecule has 2 atom stereocenters. The number of non-ortho nitro benzene ring substituents is 1. The number of benzene rings is 1. The third-order valence-electron chi connectivity index (χ3n) is 6.05. The monoisotopic (exact) mass is 379 g/mol. The zero-order valence-corrected chi connectivity index (χ0v) is 16.5. The highest BCUT2D eigenvalue weighted by atomic mass is 16.6. The van der Waals surface area contributed by atoms with Gasteiger partial charge in [-0.25, -0.2) is 0 Å². The molecule has 1 amide bonds. The Hall–Kier alpha value is -2.76. The van der Waals surface area contributed by atoms with Crippen LogP contribution in [0.4, 0.5) is 5.69 Å². The van der Waals surface area contributed by atoms with Crippen LogP contribution in [0.5, 0.6) is 0 Å². The molecule has 6 nitrogen and oxygen atoms in total. The van der Waals surface area contributed by atoms with Crippen LogP contribution in [0.25, 0.3) is 11.1 Å². The quantitative estimate of drug-likeness (QED) is 0.572. The van der Waals surface area contributed by atoms with Crippen molar-refractivity contribution in [3.05, 3.63) is 58.4 Å². The van der Waals surface area contributed by atoms with E-state index in [-0.39, 0.29) is 28.5 Å². The predicted octanol–water partition coefficient (Wildman–Crippen LogP) is 4.70. The standard InChI is InChI=1S/C22H25N3O3/c1-21(2)11-18-12-22(3,13-21)14-24(18)20(26)19-10-16(7-8-23-19)15-5-4-6-17(9-15)25(27)28/h4-10,18H,11-14H2,1-3H3/t18-,22-/m1/s1. The van der Waals surface area contributed by atoms with Gasteiger partial charge in [0.15, 0.2) is 0 Å². The minimum Gasteiger partial charge on any atom is -0.334 e. The van der Waals surface area contributed by atoms with Gasteiger partial charge in [0.25, 0.3) is 11.6 Å².